The Morgan fingerprint density at radius 1 is 0.281 bits per heavy atom. The van der Waals surface area contributed by atoms with Crippen LogP contribution in [-0.2, 0) is 65.4 Å². The first-order valence-corrected chi connectivity index (χ1v) is 39.2. The van der Waals surface area contributed by atoms with Gasteiger partial charge >= 0.3 is 39.5 Å². The number of hydrogen-bond donors (Lipinski definition) is 3. The van der Waals surface area contributed by atoms with Gasteiger partial charge in [0.2, 0.25) is 0 Å². The molecule has 19 heteroatoms. The number of aliphatic hydroxyl groups is 1. The van der Waals surface area contributed by atoms with Gasteiger partial charge in [0.05, 0.1) is 26.4 Å². The largest absolute Gasteiger partial charge is 0.472 e. The topological polar surface area (TPSA) is 237 Å². The third-order valence-corrected chi connectivity index (χ3v) is 18.0. The number of esters is 4. The molecule has 0 heterocycles. The predicted octanol–water partition coefficient (Wildman–Crippen LogP) is 19.7. The summed E-state index contributed by atoms with van der Waals surface area (Å²) in [4.78, 5) is 72.5. The van der Waals surface area contributed by atoms with E-state index in [-0.39, 0.29) is 25.7 Å². The van der Waals surface area contributed by atoms with Crippen LogP contribution >= 0.6 is 15.6 Å². The number of rotatable bonds is 67. The summed E-state index contributed by atoms with van der Waals surface area (Å²) in [5, 5.41) is 10.6. The van der Waals surface area contributed by atoms with E-state index in [0.717, 1.165) is 108 Å². The summed E-state index contributed by atoms with van der Waals surface area (Å²) in [7, 11) is -9.90. The van der Waals surface area contributed by atoms with Gasteiger partial charge in [-0.25, -0.2) is 9.13 Å². The molecule has 0 aromatic heterocycles. The number of ether oxygens (including phenoxy) is 4. The van der Waals surface area contributed by atoms with Crippen molar-refractivity contribution >= 4 is 39.5 Å². The molecular formula is C70H136O17P2. The molecule has 0 aliphatic rings. The number of phosphoric ester groups is 2. The lowest BCUT2D eigenvalue weighted by Gasteiger charge is -2.21. The lowest BCUT2D eigenvalue weighted by Crippen LogP contribution is -2.30. The highest BCUT2D eigenvalue weighted by molar-refractivity contribution is 7.47. The van der Waals surface area contributed by atoms with Crippen molar-refractivity contribution in [2.75, 3.05) is 39.6 Å². The van der Waals surface area contributed by atoms with E-state index in [9.17, 15) is 43.2 Å². The van der Waals surface area contributed by atoms with E-state index in [2.05, 4.69) is 55.4 Å². The van der Waals surface area contributed by atoms with Crippen LogP contribution in [0.15, 0.2) is 0 Å². The second kappa shape index (κ2) is 59.8. The maximum Gasteiger partial charge on any atom is 0.472 e. The van der Waals surface area contributed by atoms with Crippen molar-refractivity contribution in [2.24, 2.45) is 23.7 Å². The SMILES string of the molecule is CC(C)CCCCCCCCCCCCCC(=O)OC[C@H](COP(=O)(O)OCC(O)COP(=O)(O)OC[C@@H](COC(=O)CCCCCCCCCCC(C)C)OC(=O)CCCCCCCCCC(C)C)OC(=O)CCCCCCCCCCCCCC(C)C. The molecule has 0 aromatic carbocycles. The van der Waals surface area contributed by atoms with Gasteiger partial charge in [-0.2, -0.15) is 0 Å². The molecule has 0 saturated carbocycles. The summed E-state index contributed by atoms with van der Waals surface area (Å²) < 4.78 is 68.3. The summed E-state index contributed by atoms with van der Waals surface area (Å²) in [5.41, 5.74) is 0. The summed E-state index contributed by atoms with van der Waals surface area (Å²) in [6.45, 7) is 14.1. The van der Waals surface area contributed by atoms with Crippen molar-refractivity contribution in [1.82, 2.24) is 0 Å². The molecule has 0 bridgehead atoms. The maximum absolute atomic E-state index is 13.0. The summed E-state index contributed by atoms with van der Waals surface area (Å²) in [5.74, 6) is 0.827. The van der Waals surface area contributed by atoms with Crippen LogP contribution in [0.25, 0.3) is 0 Å². The van der Waals surface area contributed by atoms with Gasteiger partial charge < -0.3 is 33.8 Å². The van der Waals surface area contributed by atoms with Crippen LogP contribution in [0.1, 0.15) is 344 Å². The standard InChI is InChI=1S/C70H136O17P2/c1-60(2)46-38-30-22-15-11-9-13-17-26-34-42-50-67(72)80-56-65(86-69(74)52-44-36-28-18-14-10-12-16-23-31-39-47-61(3)4)58-84-88(76,77)82-54-64(71)55-83-89(78,79)85-59-66(87-70(75)53-45-37-29-21-25-33-41-49-63(7)8)57-81-68(73)51-43-35-27-20-19-24-32-40-48-62(5)6/h60-66,71H,9-59H2,1-8H3,(H,76,77)(H,78,79)/t64?,65-,66-/m1/s1. The number of hydrogen-bond acceptors (Lipinski definition) is 15. The molecule has 0 aliphatic heterocycles. The second-order valence-electron chi connectivity index (χ2n) is 27.2. The molecule has 0 aliphatic carbocycles. The Morgan fingerprint density at radius 2 is 0.472 bits per heavy atom. The van der Waals surface area contributed by atoms with Crippen molar-refractivity contribution in [1.29, 1.82) is 0 Å². The molecule has 89 heavy (non-hydrogen) atoms. The van der Waals surface area contributed by atoms with Crippen LogP contribution < -0.4 is 0 Å². The lowest BCUT2D eigenvalue weighted by molar-refractivity contribution is -0.161. The Bertz CT molecular complexity index is 1760. The van der Waals surface area contributed by atoms with Gasteiger partial charge in [0, 0.05) is 25.7 Å². The molecule has 5 atom stereocenters. The molecule has 528 valence electrons. The molecular weight excluding hydrogens is 1170 g/mol. The number of aliphatic hydroxyl groups excluding tert-OH is 1. The van der Waals surface area contributed by atoms with Crippen molar-refractivity contribution in [3.8, 4) is 0 Å². The van der Waals surface area contributed by atoms with E-state index in [1.807, 2.05) is 0 Å². The first kappa shape index (κ1) is 87.1. The summed E-state index contributed by atoms with van der Waals surface area (Å²) in [6.07, 6.45) is 41.8. The smallest absolute Gasteiger partial charge is 0.462 e. The Labute approximate surface area is 543 Å². The average molecular weight is 1310 g/mol. The fraction of sp³-hybridized carbons (Fsp3) is 0.943. The van der Waals surface area contributed by atoms with Gasteiger partial charge in [-0.15, -0.1) is 0 Å². The second-order valence-corrected chi connectivity index (χ2v) is 30.1. The van der Waals surface area contributed by atoms with Crippen LogP contribution in [0.4, 0.5) is 0 Å². The highest BCUT2D eigenvalue weighted by Gasteiger charge is 2.30. The van der Waals surface area contributed by atoms with Crippen LogP contribution in [0.5, 0.6) is 0 Å². The van der Waals surface area contributed by atoms with Crippen LogP contribution in [-0.4, -0.2) is 96.7 Å². The number of carbonyl (C=O) groups is 4. The van der Waals surface area contributed by atoms with Crippen LogP contribution in [0, 0.1) is 23.7 Å². The van der Waals surface area contributed by atoms with Crippen molar-refractivity contribution in [2.45, 2.75) is 363 Å². The minimum absolute atomic E-state index is 0.102. The number of unbranched alkanes of at least 4 members (excludes halogenated alkanes) is 33. The molecule has 3 unspecified atom stereocenters. The Kier molecular flexibility index (Phi) is 58.5. The van der Waals surface area contributed by atoms with Gasteiger partial charge in [-0.3, -0.25) is 37.3 Å². The third-order valence-electron chi connectivity index (χ3n) is 16.1. The molecule has 0 aromatic rings. The van der Waals surface area contributed by atoms with Crippen molar-refractivity contribution in [3.63, 3.8) is 0 Å². The average Bonchev–Trinajstić information content (AvgIpc) is 3.60. The van der Waals surface area contributed by atoms with E-state index in [4.69, 9.17) is 37.0 Å². The first-order chi connectivity index (χ1) is 42.6. The molecule has 0 saturated heterocycles. The van der Waals surface area contributed by atoms with Gasteiger partial charge in [0.25, 0.3) is 0 Å². The fourth-order valence-corrected chi connectivity index (χ4v) is 12.1. The third kappa shape index (κ3) is 64.6. The first-order valence-electron chi connectivity index (χ1n) is 36.2. The summed E-state index contributed by atoms with van der Waals surface area (Å²) >= 11 is 0. The monoisotopic (exact) mass is 1310 g/mol. The van der Waals surface area contributed by atoms with Gasteiger partial charge in [-0.1, -0.05) is 293 Å². The van der Waals surface area contributed by atoms with E-state index in [1.165, 1.54) is 148 Å². The van der Waals surface area contributed by atoms with Gasteiger partial charge in [0.1, 0.15) is 19.3 Å². The van der Waals surface area contributed by atoms with Crippen molar-refractivity contribution < 1.29 is 80.2 Å². The molecule has 0 fully saturated rings. The zero-order valence-electron chi connectivity index (χ0n) is 58.1. The van der Waals surface area contributed by atoms with Gasteiger partial charge in [-0.05, 0) is 49.4 Å². The van der Waals surface area contributed by atoms with Crippen LogP contribution in [0.3, 0.4) is 0 Å². The molecule has 0 radical (unpaired) electrons. The van der Waals surface area contributed by atoms with Crippen molar-refractivity contribution in [3.05, 3.63) is 0 Å². The minimum atomic E-state index is -4.95. The molecule has 17 nitrogen and oxygen atoms in total. The highest BCUT2D eigenvalue weighted by atomic mass is 31.2. The molecule has 3 N–H and O–H groups in total. The van der Waals surface area contributed by atoms with E-state index >= 15 is 0 Å². The Balaban J connectivity index is 5.25. The van der Waals surface area contributed by atoms with E-state index < -0.39 is 97.5 Å². The number of carbonyl (C=O) groups excluding carboxylic acids is 4. The van der Waals surface area contributed by atoms with Gasteiger partial charge in [0.15, 0.2) is 12.2 Å². The zero-order chi connectivity index (χ0) is 66.1. The number of phosphoric acid groups is 2. The predicted molar refractivity (Wildman–Crippen MR) is 358 cm³/mol. The van der Waals surface area contributed by atoms with Crippen LogP contribution in [0.2, 0.25) is 0 Å². The fourth-order valence-electron chi connectivity index (χ4n) is 10.5. The Morgan fingerprint density at radius 3 is 0.697 bits per heavy atom. The normalized spacial score (nSPS) is 14.3. The van der Waals surface area contributed by atoms with E-state index in [0.29, 0.717) is 31.6 Å². The molecule has 0 rings (SSSR count). The molecule has 0 amide bonds. The minimum Gasteiger partial charge on any atom is -0.462 e. The maximum atomic E-state index is 13.0. The molecule has 0 spiro atoms. The lowest BCUT2D eigenvalue weighted by atomic mass is 10.0. The Hall–Kier alpha value is -1.94. The highest BCUT2D eigenvalue weighted by Crippen LogP contribution is 2.45. The summed E-state index contributed by atoms with van der Waals surface area (Å²) in [6, 6.07) is 0. The van der Waals surface area contributed by atoms with E-state index in [1.54, 1.807) is 0 Å². The zero-order valence-corrected chi connectivity index (χ0v) is 59.8. The quantitative estimate of drug-likeness (QED) is 0.0222.